The van der Waals surface area contributed by atoms with E-state index in [2.05, 4.69) is 39.5 Å². The molecule has 3 heterocycles. The van der Waals surface area contributed by atoms with Crippen LogP contribution in [-0.2, 0) is 9.53 Å². The Kier molecular flexibility index (Phi) is 6.99. The van der Waals surface area contributed by atoms with Crippen LogP contribution in [0.1, 0.15) is 24.0 Å². The number of hydrogen-bond donors (Lipinski definition) is 1. The third kappa shape index (κ3) is 5.95. The van der Waals surface area contributed by atoms with E-state index in [0.717, 1.165) is 37.3 Å². The van der Waals surface area contributed by atoms with Gasteiger partial charge in [0.15, 0.2) is 5.82 Å². The van der Waals surface area contributed by atoms with Crippen LogP contribution in [0.2, 0.25) is 0 Å². The number of nitrogens with zero attached hydrogens (tertiary/aromatic N) is 4. The number of carbonyl (C=O) groups excluding carboxylic acids is 1. The van der Waals surface area contributed by atoms with E-state index in [9.17, 15) is 4.79 Å². The first-order chi connectivity index (χ1) is 15.2. The molecule has 0 spiro atoms. The fraction of sp³-hybridized carbons (Fsp3) is 0.435. The zero-order chi connectivity index (χ0) is 21.5. The van der Waals surface area contributed by atoms with E-state index in [4.69, 9.17) is 9.47 Å². The minimum Gasteiger partial charge on any atom is -0.476 e. The van der Waals surface area contributed by atoms with Crippen molar-refractivity contribution in [1.82, 2.24) is 9.88 Å². The number of likely N-dealkylation sites (tertiary alicyclic amines) is 1. The lowest BCUT2D eigenvalue weighted by Crippen LogP contribution is -2.36. The van der Waals surface area contributed by atoms with Crippen LogP contribution in [0.3, 0.4) is 0 Å². The van der Waals surface area contributed by atoms with Crippen LogP contribution in [0.4, 0.5) is 11.5 Å². The highest BCUT2D eigenvalue weighted by atomic mass is 16.5. The Balaban J connectivity index is 1.45. The molecule has 0 atom stereocenters. The molecular formula is C23H29N5O3. The van der Waals surface area contributed by atoms with Crippen LogP contribution in [-0.4, -0.2) is 68.0 Å². The lowest BCUT2D eigenvalue weighted by atomic mass is 10.2. The van der Waals surface area contributed by atoms with E-state index in [0.29, 0.717) is 44.5 Å². The van der Waals surface area contributed by atoms with Gasteiger partial charge < -0.3 is 19.3 Å². The molecule has 2 aliphatic heterocycles. The van der Waals surface area contributed by atoms with Crippen LogP contribution in [0.5, 0.6) is 5.88 Å². The van der Waals surface area contributed by atoms with Crippen molar-refractivity contribution in [2.75, 3.05) is 56.3 Å². The van der Waals surface area contributed by atoms with Crippen LogP contribution < -0.4 is 15.1 Å². The number of nitrogens with one attached hydrogen (secondary N) is 1. The van der Waals surface area contributed by atoms with Crippen molar-refractivity contribution in [3.05, 3.63) is 47.5 Å². The van der Waals surface area contributed by atoms with E-state index in [1.54, 1.807) is 6.21 Å². The fourth-order valence-electron chi connectivity index (χ4n) is 3.75. The molecule has 1 amide bonds. The number of aromatic nitrogens is 1. The number of hydrazone groups is 1. The molecule has 8 heteroatoms. The molecule has 0 unspecified atom stereocenters. The Bertz CT molecular complexity index is 927. The first kappa shape index (κ1) is 21.1. The van der Waals surface area contributed by atoms with Crippen molar-refractivity contribution < 1.29 is 14.3 Å². The molecule has 2 fully saturated rings. The van der Waals surface area contributed by atoms with E-state index in [1.807, 2.05) is 29.2 Å². The van der Waals surface area contributed by atoms with E-state index in [1.165, 1.54) is 5.56 Å². The van der Waals surface area contributed by atoms with E-state index >= 15 is 0 Å². The minimum absolute atomic E-state index is 0.200. The molecule has 2 saturated heterocycles. The van der Waals surface area contributed by atoms with Crippen LogP contribution in [0.15, 0.2) is 41.5 Å². The van der Waals surface area contributed by atoms with Gasteiger partial charge in [0.2, 0.25) is 11.8 Å². The van der Waals surface area contributed by atoms with Crippen molar-refractivity contribution in [2.24, 2.45) is 5.10 Å². The zero-order valence-corrected chi connectivity index (χ0v) is 17.9. The van der Waals surface area contributed by atoms with Gasteiger partial charge in [-0.25, -0.2) is 0 Å². The quantitative estimate of drug-likeness (QED) is 0.520. The normalized spacial score (nSPS) is 16.9. The van der Waals surface area contributed by atoms with Crippen LogP contribution in [0, 0.1) is 6.92 Å². The third-order valence-electron chi connectivity index (χ3n) is 5.38. The molecule has 2 aliphatic rings. The maximum absolute atomic E-state index is 11.8. The van der Waals surface area contributed by atoms with Gasteiger partial charge in [0.1, 0.15) is 6.61 Å². The summed E-state index contributed by atoms with van der Waals surface area (Å²) in [4.78, 5) is 20.4. The van der Waals surface area contributed by atoms with Gasteiger partial charge in [0, 0.05) is 43.9 Å². The highest BCUT2D eigenvalue weighted by Crippen LogP contribution is 2.25. The Hall–Kier alpha value is -3.13. The lowest BCUT2D eigenvalue weighted by molar-refractivity contribution is -0.128. The first-order valence-electron chi connectivity index (χ1n) is 10.8. The summed E-state index contributed by atoms with van der Waals surface area (Å²) < 4.78 is 11.4. The van der Waals surface area contributed by atoms with Crippen LogP contribution >= 0.6 is 0 Å². The molecule has 0 bridgehead atoms. The van der Waals surface area contributed by atoms with Gasteiger partial charge >= 0.3 is 0 Å². The van der Waals surface area contributed by atoms with Crippen LogP contribution in [0.25, 0.3) is 0 Å². The molecule has 2 aromatic rings. The molecule has 0 aliphatic carbocycles. The molecule has 1 aromatic heterocycles. The van der Waals surface area contributed by atoms with Gasteiger partial charge in [-0.2, -0.15) is 10.1 Å². The second kappa shape index (κ2) is 10.3. The Morgan fingerprint density at radius 1 is 1.23 bits per heavy atom. The summed E-state index contributed by atoms with van der Waals surface area (Å²) >= 11 is 0. The summed E-state index contributed by atoms with van der Waals surface area (Å²) in [5.41, 5.74) is 6.24. The number of benzene rings is 1. The maximum atomic E-state index is 11.8. The number of aryl methyl sites for hydroxylation is 1. The highest BCUT2D eigenvalue weighted by molar-refractivity contribution is 5.80. The second-order valence-corrected chi connectivity index (χ2v) is 7.77. The van der Waals surface area contributed by atoms with Crippen molar-refractivity contribution in [3.63, 3.8) is 0 Å². The van der Waals surface area contributed by atoms with Crippen molar-refractivity contribution in [3.8, 4) is 5.88 Å². The fourth-order valence-corrected chi connectivity index (χ4v) is 3.75. The first-order valence-corrected chi connectivity index (χ1v) is 10.8. The summed E-state index contributed by atoms with van der Waals surface area (Å²) in [6, 6.07) is 12.0. The number of hydrogen-bond acceptors (Lipinski definition) is 7. The smallest absolute Gasteiger partial charge is 0.222 e. The lowest BCUT2D eigenvalue weighted by Gasteiger charge is -2.29. The molecule has 4 rings (SSSR count). The minimum atomic E-state index is 0.200. The zero-order valence-electron chi connectivity index (χ0n) is 17.9. The molecular weight excluding hydrogens is 394 g/mol. The number of ether oxygens (including phenoxy) is 2. The topological polar surface area (TPSA) is 79.3 Å². The predicted octanol–water partition coefficient (Wildman–Crippen LogP) is 2.67. The van der Waals surface area contributed by atoms with Crippen molar-refractivity contribution in [1.29, 1.82) is 0 Å². The molecule has 164 valence electrons. The third-order valence-corrected chi connectivity index (χ3v) is 5.38. The molecule has 8 nitrogen and oxygen atoms in total. The number of carbonyl (C=O) groups is 1. The number of rotatable bonds is 8. The Labute approximate surface area is 182 Å². The Morgan fingerprint density at radius 3 is 2.87 bits per heavy atom. The number of morpholine rings is 1. The molecule has 31 heavy (non-hydrogen) atoms. The molecule has 0 saturated carbocycles. The number of pyridine rings is 1. The summed E-state index contributed by atoms with van der Waals surface area (Å²) in [6.07, 6.45) is 3.34. The molecule has 0 radical (unpaired) electrons. The van der Waals surface area contributed by atoms with Crippen molar-refractivity contribution >= 4 is 23.6 Å². The second-order valence-electron chi connectivity index (χ2n) is 7.77. The summed E-state index contributed by atoms with van der Waals surface area (Å²) in [5.74, 6) is 1.33. The van der Waals surface area contributed by atoms with Gasteiger partial charge in [0.25, 0.3) is 0 Å². The monoisotopic (exact) mass is 423 g/mol. The predicted molar refractivity (Wildman–Crippen MR) is 121 cm³/mol. The summed E-state index contributed by atoms with van der Waals surface area (Å²) in [5, 5.41) is 4.34. The largest absolute Gasteiger partial charge is 0.476 e. The van der Waals surface area contributed by atoms with Gasteiger partial charge in [-0.15, -0.1) is 0 Å². The summed E-state index contributed by atoms with van der Waals surface area (Å²) in [6.45, 7) is 6.89. The standard InChI is InChI=1S/C23H29N5O3/c1-18-4-2-5-19(14-18)17-24-26-21-15-20(27-8-11-30-12-9-27)16-22(25-21)31-13-10-28-7-3-6-23(28)29/h2,4-5,14-17H,3,6-13H2,1H3,(H,25,26)/b24-17+. The van der Waals surface area contributed by atoms with Gasteiger partial charge in [-0.05, 0) is 18.9 Å². The Morgan fingerprint density at radius 2 is 2.10 bits per heavy atom. The van der Waals surface area contributed by atoms with E-state index in [-0.39, 0.29) is 5.91 Å². The number of amides is 1. The highest BCUT2D eigenvalue weighted by Gasteiger charge is 2.20. The SMILES string of the molecule is Cc1cccc(/C=N/Nc2cc(N3CCOCC3)cc(OCCN3CCCC3=O)n2)c1. The van der Waals surface area contributed by atoms with E-state index < -0.39 is 0 Å². The van der Waals surface area contributed by atoms with Gasteiger partial charge in [0.05, 0.1) is 26.0 Å². The van der Waals surface area contributed by atoms with Gasteiger partial charge in [-0.1, -0.05) is 29.8 Å². The average Bonchev–Trinajstić information content (AvgIpc) is 3.19. The van der Waals surface area contributed by atoms with Gasteiger partial charge in [-0.3, -0.25) is 10.2 Å². The summed E-state index contributed by atoms with van der Waals surface area (Å²) in [7, 11) is 0. The van der Waals surface area contributed by atoms with Crippen molar-refractivity contribution in [2.45, 2.75) is 19.8 Å². The molecule has 1 N–H and O–H groups in total. The number of anilines is 2. The molecule has 1 aromatic carbocycles. The maximum Gasteiger partial charge on any atom is 0.222 e. The average molecular weight is 424 g/mol.